The highest BCUT2D eigenvalue weighted by molar-refractivity contribution is 4.84. The van der Waals surface area contributed by atoms with E-state index < -0.39 is 0 Å². The van der Waals surface area contributed by atoms with Crippen LogP contribution in [0.1, 0.15) is 65.2 Å². The van der Waals surface area contributed by atoms with Gasteiger partial charge in [0.15, 0.2) is 0 Å². The quantitative estimate of drug-likeness (QED) is 0.785. The summed E-state index contributed by atoms with van der Waals surface area (Å²) in [7, 11) is 0. The Kier molecular flexibility index (Phi) is 5.50. The molecule has 2 nitrogen and oxygen atoms in total. The third kappa shape index (κ3) is 4.24. The van der Waals surface area contributed by atoms with Gasteiger partial charge in [-0.1, -0.05) is 26.7 Å². The van der Waals surface area contributed by atoms with Crippen molar-refractivity contribution < 1.29 is 0 Å². The van der Waals surface area contributed by atoms with Gasteiger partial charge in [-0.05, 0) is 56.9 Å². The molecule has 0 aliphatic heterocycles. The first-order valence-corrected chi connectivity index (χ1v) is 8.14. The molecule has 0 spiro atoms. The predicted octanol–water partition coefficient (Wildman–Crippen LogP) is 3.40. The van der Waals surface area contributed by atoms with Gasteiger partial charge < -0.3 is 10.6 Å². The molecule has 0 saturated heterocycles. The smallest absolute Gasteiger partial charge is 0.00953 e. The van der Waals surface area contributed by atoms with Crippen LogP contribution in [0, 0.1) is 11.8 Å². The van der Waals surface area contributed by atoms with E-state index in [1.807, 2.05) is 0 Å². The first kappa shape index (κ1) is 14.3. The third-order valence-electron chi connectivity index (χ3n) is 4.91. The van der Waals surface area contributed by atoms with Gasteiger partial charge >= 0.3 is 0 Å². The Labute approximate surface area is 113 Å². The summed E-state index contributed by atoms with van der Waals surface area (Å²) in [6, 6.07) is 1.38. The van der Waals surface area contributed by atoms with Gasteiger partial charge in [-0.15, -0.1) is 0 Å². The van der Waals surface area contributed by atoms with Crippen molar-refractivity contribution in [2.24, 2.45) is 17.6 Å². The van der Waals surface area contributed by atoms with E-state index in [-0.39, 0.29) is 0 Å². The lowest BCUT2D eigenvalue weighted by Crippen LogP contribution is -2.38. The molecule has 0 aromatic carbocycles. The highest BCUT2D eigenvalue weighted by atomic mass is 15.2. The molecule has 0 heterocycles. The van der Waals surface area contributed by atoms with Crippen molar-refractivity contribution in [3.05, 3.63) is 0 Å². The van der Waals surface area contributed by atoms with Gasteiger partial charge in [0, 0.05) is 18.6 Å². The zero-order valence-electron chi connectivity index (χ0n) is 12.4. The van der Waals surface area contributed by atoms with E-state index in [2.05, 4.69) is 18.7 Å². The number of rotatable bonds is 6. The number of hydrogen-bond donors (Lipinski definition) is 1. The van der Waals surface area contributed by atoms with Crippen molar-refractivity contribution in [3.63, 3.8) is 0 Å². The lowest BCUT2D eigenvalue weighted by molar-refractivity contribution is 0.160. The van der Waals surface area contributed by atoms with Crippen LogP contribution in [-0.2, 0) is 0 Å². The Morgan fingerprint density at radius 3 is 2.39 bits per heavy atom. The summed E-state index contributed by atoms with van der Waals surface area (Å²) in [6.45, 7) is 7.33. The van der Waals surface area contributed by atoms with E-state index >= 15 is 0 Å². The molecule has 106 valence electrons. The minimum absolute atomic E-state index is 0.491. The average Bonchev–Trinajstić information content (AvgIpc) is 2.95. The van der Waals surface area contributed by atoms with E-state index in [1.165, 1.54) is 64.5 Å². The fourth-order valence-electron chi connectivity index (χ4n) is 3.73. The molecule has 2 aliphatic carbocycles. The van der Waals surface area contributed by atoms with Gasteiger partial charge in [-0.3, -0.25) is 0 Å². The molecule has 0 amide bonds. The van der Waals surface area contributed by atoms with Crippen molar-refractivity contribution in [2.75, 3.05) is 13.1 Å². The molecule has 2 N–H and O–H groups in total. The van der Waals surface area contributed by atoms with E-state index in [0.29, 0.717) is 6.04 Å². The van der Waals surface area contributed by atoms with Crippen molar-refractivity contribution in [1.29, 1.82) is 0 Å². The monoisotopic (exact) mass is 252 g/mol. The molecule has 2 heteroatoms. The summed E-state index contributed by atoms with van der Waals surface area (Å²) in [5.74, 6) is 1.72. The fourth-order valence-corrected chi connectivity index (χ4v) is 3.73. The maximum Gasteiger partial charge on any atom is 0.00953 e. The van der Waals surface area contributed by atoms with Crippen molar-refractivity contribution in [1.82, 2.24) is 4.90 Å². The summed E-state index contributed by atoms with van der Waals surface area (Å²) in [5, 5.41) is 0. The minimum Gasteiger partial charge on any atom is -0.328 e. The summed E-state index contributed by atoms with van der Waals surface area (Å²) in [6.07, 6.45) is 11.0. The minimum atomic E-state index is 0.491. The second-order valence-electron chi connectivity index (χ2n) is 7.05. The second kappa shape index (κ2) is 6.91. The van der Waals surface area contributed by atoms with Crippen LogP contribution >= 0.6 is 0 Å². The van der Waals surface area contributed by atoms with Gasteiger partial charge in [-0.25, -0.2) is 0 Å². The molecular formula is C16H32N2. The highest BCUT2D eigenvalue weighted by Crippen LogP contribution is 2.29. The van der Waals surface area contributed by atoms with Crippen LogP contribution in [0.2, 0.25) is 0 Å². The van der Waals surface area contributed by atoms with Crippen LogP contribution in [0.15, 0.2) is 0 Å². The normalized spacial score (nSPS) is 29.8. The second-order valence-corrected chi connectivity index (χ2v) is 7.05. The average molecular weight is 252 g/mol. The molecule has 2 unspecified atom stereocenters. The summed E-state index contributed by atoms with van der Waals surface area (Å²) < 4.78 is 0. The first-order valence-electron chi connectivity index (χ1n) is 8.14. The Balaban J connectivity index is 1.82. The molecule has 2 fully saturated rings. The summed E-state index contributed by atoms with van der Waals surface area (Å²) in [5.41, 5.74) is 6.06. The molecule has 18 heavy (non-hydrogen) atoms. The van der Waals surface area contributed by atoms with Gasteiger partial charge in [0.2, 0.25) is 0 Å². The number of nitrogens with zero attached hydrogens (tertiary/aromatic N) is 1. The molecule has 0 aromatic rings. The molecule has 2 rings (SSSR count). The lowest BCUT2D eigenvalue weighted by Gasteiger charge is -2.32. The zero-order valence-corrected chi connectivity index (χ0v) is 12.4. The Hall–Kier alpha value is -0.0800. The van der Waals surface area contributed by atoms with Crippen molar-refractivity contribution in [3.8, 4) is 0 Å². The SMILES string of the molecule is CC(C)CCN(CC1CCC(N)C1)C1CCCC1. The van der Waals surface area contributed by atoms with Crippen LogP contribution in [-0.4, -0.2) is 30.1 Å². The third-order valence-corrected chi connectivity index (χ3v) is 4.91. The zero-order chi connectivity index (χ0) is 13.0. The van der Waals surface area contributed by atoms with Crippen LogP contribution in [0.5, 0.6) is 0 Å². The Bertz CT molecular complexity index is 233. The molecule has 0 radical (unpaired) electrons. The van der Waals surface area contributed by atoms with Crippen molar-refractivity contribution >= 4 is 0 Å². The van der Waals surface area contributed by atoms with Crippen LogP contribution in [0.4, 0.5) is 0 Å². The van der Waals surface area contributed by atoms with Crippen LogP contribution in [0.3, 0.4) is 0 Å². The van der Waals surface area contributed by atoms with E-state index in [1.54, 1.807) is 0 Å². The summed E-state index contributed by atoms with van der Waals surface area (Å²) in [4.78, 5) is 2.82. The lowest BCUT2D eigenvalue weighted by atomic mass is 10.0. The molecule has 2 atom stereocenters. The van der Waals surface area contributed by atoms with E-state index in [0.717, 1.165) is 17.9 Å². The van der Waals surface area contributed by atoms with Crippen molar-refractivity contribution in [2.45, 2.75) is 77.3 Å². The largest absolute Gasteiger partial charge is 0.328 e. The predicted molar refractivity (Wildman–Crippen MR) is 78.6 cm³/mol. The maximum atomic E-state index is 6.06. The Morgan fingerprint density at radius 1 is 1.11 bits per heavy atom. The van der Waals surface area contributed by atoms with Gasteiger partial charge in [0.1, 0.15) is 0 Å². The molecule has 0 aromatic heterocycles. The summed E-state index contributed by atoms with van der Waals surface area (Å²) >= 11 is 0. The molecule has 2 saturated carbocycles. The number of hydrogen-bond acceptors (Lipinski definition) is 2. The van der Waals surface area contributed by atoms with Crippen LogP contribution < -0.4 is 5.73 Å². The molecule has 2 aliphatic rings. The first-order chi connectivity index (χ1) is 8.65. The molecule has 0 bridgehead atoms. The van der Waals surface area contributed by atoms with Gasteiger partial charge in [0.05, 0.1) is 0 Å². The fraction of sp³-hybridized carbons (Fsp3) is 1.00. The van der Waals surface area contributed by atoms with E-state index in [4.69, 9.17) is 5.73 Å². The number of nitrogens with two attached hydrogens (primary N) is 1. The standard InChI is InChI=1S/C16H32N2/c1-13(2)9-10-18(16-5-3-4-6-16)12-14-7-8-15(17)11-14/h13-16H,3-12,17H2,1-2H3. The highest BCUT2D eigenvalue weighted by Gasteiger charge is 2.28. The van der Waals surface area contributed by atoms with Gasteiger partial charge in [0.25, 0.3) is 0 Å². The van der Waals surface area contributed by atoms with E-state index in [9.17, 15) is 0 Å². The molecular weight excluding hydrogens is 220 g/mol. The Morgan fingerprint density at radius 2 is 1.83 bits per heavy atom. The maximum absolute atomic E-state index is 6.06. The van der Waals surface area contributed by atoms with Gasteiger partial charge in [-0.2, -0.15) is 0 Å². The van der Waals surface area contributed by atoms with Crippen LogP contribution in [0.25, 0.3) is 0 Å². The topological polar surface area (TPSA) is 29.3 Å².